The minimum atomic E-state index is 0.591. The molecule has 0 aromatic heterocycles. The maximum absolute atomic E-state index is 5.68. The first-order chi connectivity index (χ1) is 8.27. The average Bonchev–Trinajstić information content (AvgIpc) is 2.35. The van der Waals surface area contributed by atoms with Gasteiger partial charge in [0.15, 0.2) is 11.5 Å². The topological polar surface area (TPSA) is 18.5 Å². The normalized spacial score (nSPS) is 12.2. The second kappa shape index (κ2) is 8.54. The summed E-state index contributed by atoms with van der Waals surface area (Å²) in [7, 11) is 1.65. The number of rotatable bonds is 8. The van der Waals surface area contributed by atoms with Crippen LogP contribution in [0, 0.1) is 0 Å². The van der Waals surface area contributed by atoms with Crippen LogP contribution >= 0.6 is 23.4 Å². The Labute approximate surface area is 113 Å². The van der Waals surface area contributed by atoms with Gasteiger partial charge < -0.3 is 9.47 Å². The Kier molecular flexibility index (Phi) is 7.29. The van der Waals surface area contributed by atoms with Crippen molar-refractivity contribution in [2.45, 2.75) is 18.6 Å². The van der Waals surface area contributed by atoms with Gasteiger partial charge in [0.05, 0.1) is 13.7 Å². The van der Waals surface area contributed by atoms with Crippen LogP contribution in [0.25, 0.3) is 0 Å². The van der Waals surface area contributed by atoms with Gasteiger partial charge in [-0.1, -0.05) is 19.1 Å². The molecule has 0 amide bonds. The van der Waals surface area contributed by atoms with Crippen molar-refractivity contribution in [3.05, 3.63) is 24.3 Å². The van der Waals surface area contributed by atoms with Crippen molar-refractivity contribution in [1.29, 1.82) is 0 Å². The lowest BCUT2D eigenvalue weighted by atomic mass is 10.3. The van der Waals surface area contributed by atoms with Gasteiger partial charge >= 0.3 is 0 Å². The Hall–Kier alpha value is -0.540. The Morgan fingerprint density at radius 2 is 2.00 bits per heavy atom. The van der Waals surface area contributed by atoms with E-state index in [0.29, 0.717) is 11.9 Å². The first-order valence-corrected chi connectivity index (χ1v) is 7.29. The van der Waals surface area contributed by atoms with E-state index in [1.54, 1.807) is 7.11 Å². The lowest BCUT2D eigenvalue weighted by Crippen LogP contribution is -2.05. The molecule has 0 aliphatic heterocycles. The van der Waals surface area contributed by atoms with Gasteiger partial charge in [-0.05, 0) is 18.6 Å². The van der Waals surface area contributed by atoms with Gasteiger partial charge in [-0.15, -0.1) is 11.6 Å². The summed E-state index contributed by atoms with van der Waals surface area (Å²) in [6, 6.07) is 7.70. The summed E-state index contributed by atoms with van der Waals surface area (Å²) in [5, 5.41) is 0.591. The monoisotopic (exact) mass is 274 g/mol. The molecule has 0 aliphatic carbocycles. The molecule has 0 saturated carbocycles. The third-order valence-electron chi connectivity index (χ3n) is 2.33. The van der Waals surface area contributed by atoms with Crippen LogP contribution in [-0.4, -0.2) is 30.6 Å². The van der Waals surface area contributed by atoms with Crippen LogP contribution in [0.15, 0.2) is 24.3 Å². The minimum Gasteiger partial charge on any atom is -0.493 e. The Bertz CT molecular complexity index is 320. The van der Waals surface area contributed by atoms with Crippen LogP contribution in [0.5, 0.6) is 11.5 Å². The van der Waals surface area contributed by atoms with Crippen molar-refractivity contribution in [1.82, 2.24) is 0 Å². The predicted octanol–water partition coefficient (Wildman–Crippen LogP) is 3.82. The second-order valence-corrected chi connectivity index (χ2v) is 5.58. The summed E-state index contributed by atoms with van der Waals surface area (Å²) in [4.78, 5) is 0. The fourth-order valence-corrected chi connectivity index (χ4v) is 2.70. The van der Waals surface area contributed by atoms with Gasteiger partial charge in [0.25, 0.3) is 0 Å². The predicted molar refractivity (Wildman–Crippen MR) is 75.7 cm³/mol. The lowest BCUT2D eigenvalue weighted by molar-refractivity contribution is 0.313. The van der Waals surface area contributed by atoms with E-state index in [1.807, 2.05) is 36.0 Å². The SMILES string of the molecule is COc1ccccc1OCCSC(C)CCCl. The zero-order valence-corrected chi connectivity index (χ0v) is 11.9. The molecule has 1 unspecified atom stereocenters. The summed E-state index contributed by atoms with van der Waals surface area (Å²) in [6.45, 7) is 2.88. The van der Waals surface area contributed by atoms with E-state index >= 15 is 0 Å². The summed E-state index contributed by atoms with van der Waals surface area (Å²) in [6.07, 6.45) is 1.04. The molecule has 1 aromatic carbocycles. The number of hydrogen-bond acceptors (Lipinski definition) is 3. The maximum atomic E-state index is 5.68. The fraction of sp³-hybridized carbons (Fsp3) is 0.538. The number of para-hydroxylation sites is 2. The van der Waals surface area contributed by atoms with Crippen LogP contribution in [0.2, 0.25) is 0 Å². The number of alkyl halides is 1. The largest absolute Gasteiger partial charge is 0.493 e. The van der Waals surface area contributed by atoms with E-state index in [4.69, 9.17) is 21.1 Å². The molecular weight excluding hydrogens is 256 g/mol. The number of methoxy groups -OCH3 is 1. The molecule has 0 radical (unpaired) electrons. The molecule has 0 spiro atoms. The first-order valence-electron chi connectivity index (χ1n) is 5.71. The van der Waals surface area contributed by atoms with Crippen LogP contribution in [0.4, 0.5) is 0 Å². The van der Waals surface area contributed by atoms with Gasteiger partial charge in [-0.2, -0.15) is 11.8 Å². The average molecular weight is 275 g/mol. The highest BCUT2D eigenvalue weighted by Crippen LogP contribution is 2.26. The standard InChI is InChI=1S/C13H19ClO2S/c1-11(7-8-14)17-10-9-16-13-6-4-3-5-12(13)15-2/h3-6,11H,7-10H2,1-2H3. The third kappa shape index (κ3) is 5.55. The fourth-order valence-electron chi connectivity index (χ4n) is 1.38. The van der Waals surface area contributed by atoms with Crippen LogP contribution in [0.1, 0.15) is 13.3 Å². The number of hydrogen-bond donors (Lipinski definition) is 0. The molecule has 0 saturated heterocycles. The van der Waals surface area contributed by atoms with E-state index in [9.17, 15) is 0 Å². The maximum Gasteiger partial charge on any atom is 0.161 e. The molecule has 1 aromatic rings. The zero-order chi connectivity index (χ0) is 12.5. The second-order valence-electron chi connectivity index (χ2n) is 3.66. The third-order valence-corrected chi connectivity index (χ3v) is 3.75. The van der Waals surface area contributed by atoms with Crippen LogP contribution < -0.4 is 9.47 Å². The van der Waals surface area contributed by atoms with Crippen molar-refractivity contribution >= 4 is 23.4 Å². The number of benzene rings is 1. The summed E-state index contributed by atoms with van der Waals surface area (Å²) >= 11 is 7.57. The molecule has 17 heavy (non-hydrogen) atoms. The summed E-state index contributed by atoms with van der Waals surface area (Å²) < 4.78 is 10.9. The van der Waals surface area contributed by atoms with Gasteiger partial charge in [0.2, 0.25) is 0 Å². The van der Waals surface area contributed by atoms with Crippen molar-refractivity contribution in [2.24, 2.45) is 0 Å². The number of halogens is 1. The van der Waals surface area contributed by atoms with Crippen molar-refractivity contribution in [3.63, 3.8) is 0 Å². The molecule has 0 bridgehead atoms. The Balaban J connectivity index is 2.26. The Morgan fingerprint density at radius 3 is 2.65 bits per heavy atom. The highest BCUT2D eigenvalue weighted by molar-refractivity contribution is 7.99. The smallest absolute Gasteiger partial charge is 0.161 e. The summed E-state index contributed by atoms with van der Waals surface area (Å²) in [5.41, 5.74) is 0. The Morgan fingerprint density at radius 1 is 1.29 bits per heavy atom. The quantitative estimate of drug-likeness (QED) is 0.530. The van der Waals surface area contributed by atoms with E-state index in [0.717, 1.165) is 29.6 Å². The molecule has 0 N–H and O–H groups in total. The van der Waals surface area contributed by atoms with E-state index in [-0.39, 0.29) is 0 Å². The number of ether oxygens (including phenoxy) is 2. The van der Waals surface area contributed by atoms with Crippen molar-refractivity contribution < 1.29 is 9.47 Å². The van der Waals surface area contributed by atoms with Gasteiger partial charge in [-0.3, -0.25) is 0 Å². The minimum absolute atomic E-state index is 0.591. The van der Waals surface area contributed by atoms with E-state index in [1.165, 1.54) is 0 Å². The molecule has 2 nitrogen and oxygen atoms in total. The van der Waals surface area contributed by atoms with Gasteiger partial charge in [0, 0.05) is 16.9 Å². The lowest BCUT2D eigenvalue weighted by Gasteiger charge is -2.12. The molecule has 4 heteroatoms. The van der Waals surface area contributed by atoms with E-state index < -0.39 is 0 Å². The molecular formula is C13H19ClO2S. The first kappa shape index (κ1) is 14.5. The number of thioether (sulfide) groups is 1. The van der Waals surface area contributed by atoms with E-state index in [2.05, 4.69) is 6.92 Å². The van der Waals surface area contributed by atoms with Crippen LogP contribution in [-0.2, 0) is 0 Å². The highest BCUT2D eigenvalue weighted by atomic mass is 35.5. The molecule has 96 valence electrons. The van der Waals surface area contributed by atoms with Crippen molar-refractivity contribution in [3.8, 4) is 11.5 Å². The molecule has 0 heterocycles. The molecule has 1 rings (SSSR count). The molecule has 0 aliphatic rings. The van der Waals surface area contributed by atoms with Gasteiger partial charge in [-0.25, -0.2) is 0 Å². The van der Waals surface area contributed by atoms with Gasteiger partial charge in [0.1, 0.15) is 0 Å². The summed E-state index contributed by atoms with van der Waals surface area (Å²) in [5.74, 6) is 3.28. The van der Waals surface area contributed by atoms with Crippen LogP contribution in [0.3, 0.4) is 0 Å². The molecule has 0 fully saturated rings. The molecule has 1 atom stereocenters. The highest BCUT2D eigenvalue weighted by Gasteiger charge is 2.04. The zero-order valence-electron chi connectivity index (χ0n) is 10.3. The van der Waals surface area contributed by atoms with Crippen molar-refractivity contribution in [2.75, 3.05) is 25.3 Å².